The second kappa shape index (κ2) is 5.76. The first-order valence-corrected chi connectivity index (χ1v) is 5.53. The third kappa shape index (κ3) is 3.92. The van der Waals surface area contributed by atoms with E-state index in [0.717, 1.165) is 12.4 Å². The maximum atomic E-state index is 5.62. The zero-order valence-electron chi connectivity index (χ0n) is 10.1. The van der Waals surface area contributed by atoms with Gasteiger partial charge >= 0.3 is 0 Å². The predicted octanol–water partition coefficient (Wildman–Crippen LogP) is 3.00. The van der Waals surface area contributed by atoms with Crippen molar-refractivity contribution in [3.63, 3.8) is 0 Å². The molecule has 0 saturated heterocycles. The molecule has 1 aromatic rings. The molecule has 0 spiro atoms. The monoisotopic (exact) mass is 207 g/mol. The maximum absolute atomic E-state index is 5.62. The number of ether oxygens (including phenoxy) is 1. The molecule has 1 rings (SSSR count). The third-order valence-corrected chi connectivity index (χ3v) is 2.40. The zero-order chi connectivity index (χ0) is 11.3. The Kier molecular flexibility index (Phi) is 4.63. The van der Waals surface area contributed by atoms with Gasteiger partial charge < -0.3 is 10.1 Å². The second-order valence-corrected chi connectivity index (χ2v) is 4.28. The molecule has 0 unspecified atom stereocenters. The van der Waals surface area contributed by atoms with Gasteiger partial charge in [-0.3, -0.25) is 0 Å². The fourth-order valence-corrected chi connectivity index (χ4v) is 1.28. The van der Waals surface area contributed by atoms with E-state index in [-0.39, 0.29) is 0 Å². The largest absolute Gasteiger partial charge is 0.493 e. The summed E-state index contributed by atoms with van der Waals surface area (Å²) in [4.78, 5) is 0. The molecule has 0 saturated carbocycles. The molecule has 1 aromatic carbocycles. The van der Waals surface area contributed by atoms with E-state index >= 15 is 0 Å². The highest BCUT2D eigenvalue weighted by Crippen LogP contribution is 2.17. The molecule has 1 atom stereocenters. The van der Waals surface area contributed by atoms with Crippen LogP contribution in [0.4, 0.5) is 0 Å². The molecule has 0 aromatic heterocycles. The van der Waals surface area contributed by atoms with E-state index in [1.54, 1.807) is 0 Å². The van der Waals surface area contributed by atoms with Crippen LogP contribution >= 0.6 is 0 Å². The molecule has 15 heavy (non-hydrogen) atoms. The minimum Gasteiger partial charge on any atom is -0.493 e. The first-order valence-electron chi connectivity index (χ1n) is 5.53. The van der Waals surface area contributed by atoms with Gasteiger partial charge in [-0.1, -0.05) is 26.0 Å². The van der Waals surface area contributed by atoms with E-state index in [4.69, 9.17) is 4.74 Å². The van der Waals surface area contributed by atoms with Crippen molar-refractivity contribution in [2.45, 2.75) is 26.8 Å². The van der Waals surface area contributed by atoms with Gasteiger partial charge in [0, 0.05) is 6.04 Å². The summed E-state index contributed by atoms with van der Waals surface area (Å²) in [7, 11) is 1.97. The molecule has 0 heterocycles. The summed E-state index contributed by atoms with van der Waals surface area (Å²) in [6.45, 7) is 7.22. The van der Waals surface area contributed by atoms with Gasteiger partial charge in [0.25, 0.3) is 0 Å². The maximum Gasteiger partial charge on any atom is 0.119 e. The Hall–Kier alpha value is -1.02. The minimum absolute atomic E-state index is 0.393. The van der Waals surface area contributed by atoms with Gasteiger partial charge in [-0.05, 0) is 37.6 Å². The third-order valence-electron chi connectivity index (χ3n) is 2.40. The minimum atomic E-state index is 0.393. The molecular formula is C13H21NO. The van der Waals surface area contributed by atoms with Crippen LogP contribution in [0.5, 0.6) is 5.75 Å². The van der Waals surface area contributed by atoms with E-state index in [2.05, 4.69) is 38.2 Å². The molecule has 0 aliphatic carbocycles. The fraction of sp³-hybridized carbons (Fsp3) is 0.538. The molecule has 2 nitrogen and oxygen atoms in total. The molecule has 0 aliphatic rings. The molecule has 0 fully saturated rings. The molecule has 0 radical (unpaired) electrons. The van der Waals surface area contributed by atoms with Gasteiger partial charge in [0.2, 0.25) is 0 Å². The van der Waals surface area contributed by atoms with Crippen molar-refractivity contribution in [2.75, 3.05) is 13.7 Å². The molecule has 2 heteroatoms. The van der Waals surface area contributed by atoms with Gasteiger partial charge in [0.15, 0.2) is 0 Å². The average molecular weight is 207 g/mol. The number of benzene rings is 1. The summed E-state index contributed by atoms with van der Waals surface area (Å²) < 4.78 is 5.62. The summed E-state index contributed by atoms with van der Waals surface area (Å²) in [6, 6.07) is 8.68. The SMILES string of the molecule is CN[C@H](C)c1ccc(OCC(C)C)cc1. The second-order valence-electron chi connectivity index (χ2n) is 4.28. The van der Waals surface area contributed by atoms with E-state index in [1.165, 1.54) is 5.56 Å². The quantitative estimate of drug-likeness (QED) is 0.801. The summed E-state index contributed by atoms with van der Waals surface area (Å²) in [5.41, 5.74) is 1.29. The van der Waals surface area contributed by atoms with Gasteiger partial charge in [0.1, 0.15) is 5.75 Å². The molecule has 0 bridgehead atoms. The number of hydrogen-bond donors (Lipinski definition) is 1. The van der Waals surface area contributed by atoms with Crippen molar-refractivity contribution >= 4 is 0 Å². The number of hydrogen-bond acceptors (Lipinski definition) is 2. The van der Waals surface area contributed by atoms with Crippen molar-refractivity contribution in [3.8, 4) is 5.75 Å². The fourth-order valence-electron chi connectivity index (χ4n) is 1.28. The Morgan fingerprint density at radius 2 is 1.73 bits per heavy atom. The molecule has 1 N–H and O–H groups in total. The highest BCUT2D eigenvalue weighted by atomic mass is 16.5. The van der Waals surface area contributed by atoms with E-state index in [0.29, 0.717) is 12.0 Å². The van der Waals surface area contributed by atoms with Crippen LogP contribution in [0.3, 0.4) is 0 Å². The number of rotatable bonds is 5. The van der Waals surface area contributed by atoms with Crippen molar-refractivity contribution in [3.05, 3.63) is 29.8 Å². The Morgan fingerprint density at radius 1 is 1.13 bits per heavy atom. The lowest BCUT2D eigenvalue weighted by Gasteiger charge is -2.12. The van der Waals surface area contributed by atoms with Crippen molar-refractivity contribution in [1.82, 2.24) is 5.32 Å². The molecule has 84 valence electrons. The van der Waals surface area contributed by atoms with Crippen LogP contribution in [-0.4, -0.2) is 13.7 Å². The number of nitrogens with one attached hydrogen (secondary N) is 1. The van der Waals surface area contributed by atoms with Crippen molar-refractivity contribution < 1.29 is 4.74 Å². The summed E-state index contributed by atoms with van der Waals surface area (Å²) in [5, 5.41) is 3.21. The van der Waals surface area contributed by atoms with Gasteiger partial charge in [-0.2, -0.15) is 0 Å². The molecular weight excluding hydrogens is 186 g/mol. The Balaban J connectivity index is 2.56. The van der Waals surface area contributed by atoms with Crippen LogP contribution in [-0.2, 0) is 0 Å². The smallest absolute Gasteiger partial charge is 0.119 e. The Morgan fingerprint density at radius 3 is 2.20 bits per heavy atom. The van der Waals surface area contributed by atoms with E-state index < -0.39 is 0 Å². The lowest BCUT2D eigenvalue weighted by Crippen LogP contribution is -2.12. The molecule has 0 amide bonds. The highest BCUT2D eigenvalue weighted by Gasteiger charge is 2.02. The first kappa shape index (κ1) is 12.1. The Bertz CT molecular complexity index is 279. The normalized spacial score (nSPS) is 12.9. The topological polar surface area (TPSA) is 21.3 Å². The zero-order valence-corrected chi connectivity index (χ0v) is 10.1. The summed E-state index contributed by atoms with van der Waals surface area (Å²) >= 11 is 0. The van der Waals surface area contributed by atoms with E-state index in [9.17, 15) is 0 Å². The van der Waals surface area contributed by atoms with Crippen LogP contribution in [0.25, 0.3) is 0 Å². The van der Waals surface area contributed by atoms with Crippen molar-refractivity contribution in [1.29, 1.82) is 0 Å². The summed E-state index contributed by atoms with van der Waals surface area (Å²) in [5.74, 6) is 1.52. The lowest BCUT2D eigenvalue weighted by molar-refractivity contribution is 0.271. The lowest BCUT2D eigenvalue weighted by atomic mass is 10.1. The van der Waals surface area contributed by atoms with Gasteiger partial charge in [-0.25, -0.2) is 0 Å². The van der Waals surface area contributed by atoms with Crippen LogP contribution < -0.4 is 10.1 Å². The predicted molar refractivity (Wildman–Crippen MR) is 64.2 cm³/mol. The van der Waals surface area contributed by atoms with Crippen LogP contribution in [0, 0.1) is 5.92 Å². The molecule has 0 aliphatic heterocycles. The van der Waals surface area contributed by atoms with Crippen molar-refractivity contribution in [2.24, 2.45) is 5.92 Å². The van der Waals surface area contributed by atoms with Crippen LogP contribution in [0.2, 0.25) is 0 Å². The van der Waals surface area contributed by atoms with E-state index in [1.807, 2.05) is 19.2 Å². The van der Waals surface area contributed by atoms with Crippen LogP contribution in [0.1, 0.15) is 32.4 Å². The summed E-state index contributed by atoms with van der Waals surface area (Å²) in [6.07, 6.45) is 0. The Labute approximate surface area is 92.6 Å². The standard InChI is InChI=1S/C13H21NO/c1-10(2)9-15-13-7-5-12(6-8-13)11(3)14-4/h5-8,10-11,14H,9H2,1-4H3/t11-/m1/s1. The van der Waals surface area contributed by atoms with Crippen LogP contribution in [0.15, 0.2) is 24.3 Å². The highest BCUT2D eigenvalue weighted by molar-refractivity contribution is 5.28. The van der Waals surface area contributed by atoms with Gasteiger partial charge in [0.05, 0.1) is 6.61 Å². The average Bonchev–Trinajstić information content (AvgIpc) is 2.26. The van der Waals surface area contributed by atoms with Gasteiger partial charge in [-0.15, -0.1) is 0 Å². The first-order chi connectivity index (χ1) is 7.13.